The minimum Gasteiger partial charge on any atom is -0.385 e. The number of carbonyl (C=O) groups is 1. The van der Waals surface area contributed by atoms with Crippen molar-refractivity contribution in [1.82, 2.24) is 10.2 Å². The number of methoxy groups -OCH3 is 2. The molecular weight excluding hydrogens is 244 g/mol. The van der Waals surface area contributed by atoms with E-state index in [-0.39, 0.29) is 5.91 Å². The van der Waals surface area contributed by atoms with Crippen LogP contribution in [-0.4, -0.2) is 64.4 Å². The van der Waals surface area contributed by atoms with Gasteiger partial charge in [0.2, 0.25) is 5.91 Å². The van der Waals surface area contributed by atoms with E-state index in [1.54, 1.807) is 14.2 Å². The minimum absolute atomic E-state index is 0.250. The van der Waals surface area contributed by atoms with E-state index in [9.17, 15) is 4.79 Å². The van der Waals surface area contributed by atoms with Gasteiger partial charge in [-0.1, -0.05) is 0 Å². The van der Waals surface area contributed by atoms with Crippen LogP contribution in [0.5, 0.6) is 0 Å². The van der Waals surface area contributed by atoms with Crippen LogP contribution in [0.2, 0.25) is 0 Å². The summed E-state index contributed by atoms with van der Waals surface area (Å²) in [5, 5.41) is 3.34. The van der Waals surface area contributed by atoms with E-state index in [2.05, 4.69) is 5.32 Å². The third-order valence-electron chi connectivity index (χ3n) is 3.62. The van der Waals surface area contributed by atoms with Crippen molar-refractivity contribution in [2.24, 2.45) is 5.92 Å². The Morgan fingerprint density at radius 1 is 1.26 bits per heavy atom. The lowest BCUT2D eigenvalue weighted by atomic mass is 10.0. The van der Waals surface area contributed by atoms with Crippen LogP contribution in [0.15, 0.2) is 0 Å². The summed E-state index contributed by atoms with van der Waals surface area (Å²) in [4.78, 5) is 14.1. The number of nitrogens with one attached hydrogen (secondary N) is 1. The molecule has 1 saturated heterocycles. The number of hydrogen-bond acceptors (Lipinski definition) is 4. The fraction of sp³-hybridized carbons (Fsp3) is 0.929. The molecule has 19 heavy (non-hydrogen) atoms. The van der Waals surface area contributed by atoms with Crippen LogP contribution >= 0.6 is 0 Å². The molecule has 0 saturated carbocycles. The van der Waals surface area contributed by atoms with Gasteiger partial charge >= 0.3 is 0 Å². The van der Waals surface area contributed by atoms with Crippen molar-refractivity contribution >= 4 is 5.91 Å². The highest BCUT2D eigenvalue weighted by molar-refractivity contribution is 5.76. The molecule has 1 amide bonds. The van der Waals surface area contributed by atoms with E-state index in [0.29, 0.717) is 32.1 Å². The van der Waals surface area contributed by atoms with Gasteiger partial charge < -0.3 is 19.7 Å². The maximum absolute atomic E-state index is 12.2. The van der Waals surface area contributed by atoms with Gasteiger partial charge in [-0.15, -0.1) is 0 Å². The largest absolute Gasteiger partial charge is 0.385 e. The van der Waals surface area contributed by atoms with Gasteiger partial charge in [0.1, 0.15) is 0 Å². The van der Waals surface area contributed by atoms with Gasteiger partial charge in [0.15, 0.2) is 0 Å². The lowest BCUT2D eigenvalue weighted by Crippen LogP contribution is -2.35. The van der Waals surface area contributed by atoms with Crippen molar-refractivity contribution in [3.05, 3.63) is 0 Å². The Kier molecular flexibility index (Phi) is 8.79. The number of ether oxygens (including phenoxy) is 2. The molecule has 1 N–H and O–H groups in total. The lowest BCUT2D eigenvalue weighted by Gasteiger charge is -2.23. The topological polar surface area (TPSA) is 50.8 Å². The second-order valence-electron chi connectivity index (χ2n) is 5.12. The Morgan fingerprint density at radius 3 is 2.68 bits per heavy atom. The molecule has 112 valence electrons. The molecule has 5 nitrogen and oxygen atoms in total. The summed E-state index contributed by atoms with van der Waals surface area (Å²) in [6.07, 6.45) is 3.74. The molecule has 1 aliphatic rings. The van der Waals surface area contributed by atoms with Crippen LogP contribution in [0.4, 0.5) is 0 Å². The van der Waals surface area contributed by atoms with Crippen molar-refractivity contribution in [3.63, 3.8) is 0 Å². The average Bonchev–Trinajstić information content (AvgIpc) is 2.93. The van der Waals surface area contributed by atoms with E-state index >= 15 is 0 Å². The zero-order valence-electron chi connectivity index (χ0n) is 12.3. The zero-order chi connectivity index (χ0) is 13.9. The monoisotopic (exact) mass is 272 g/mol. The maximum Gasteiger partial charge on any atom is 0.222 e. The fourth-order valence-electron chi connectivity index (χ4n) is 2.41. The normalized spacial score (nSPS) is 18.7. The molecular formula is C14H28N2O3. The predicted molar refractivity (Wildman–Crippen MR) is 75.2 cm³/mol. The molecule has 1 aliphatic heterocycles. The van der Waals surface area contributed by atoms with E-state index in [1.807, 2.05) is 4.90 Å². The summed E-state index contributed by atoms with van der Waals surface area (Å²) in [5.41, 5.74) is 0. The van der Waals surface area contributed by atoms with Crippen LogP contribution in [-0.2, 0) is 14.3 Å². The van der Waals surface area contributed by atoms with Gasteiger partial charge in [0.05, 0.1) is 6.61 Å². The molecule has 1 heterocycles. The third-order valence-corrected chi connectivity index (χ3v) is 3.62. The Hall–Kier alpha value is -0.650. The van der Waals surface area contributed by atoms with Crippen molar-refractivity contribution in [2.45, 2.75) is 25.7 Å². The SMILES string of the molecule is COCCCN(CCOC)C(=O)CCC1CCNC1. The van der Waals surface area contributed by atoms with Crippen molar-refractivity contribution < 1.29 is 14.3 Å². The highest BCUT2D eigenvalue weighted by atomic mass is 16.5. The molecule has 1 unspecified atom stereocenters. The lowest BCUT2D eigenvalue weighted by molar-refractivity contribution is -0.132. The summed E-state index contributed by atoms with van der Waals surface area (Å²) >= 11 is 0. The smallest absolute Gasteiger partial charge is 0.222 e. The summed E-state index contributed by atoms with van der Waals surface area (Å²) < 4.78 is 10.1. The summed E-state index contributed by atoms with van der Waals surface area (Å²) in [5.74, 6) is 0.923. The number of rotatable bonds is 10. The Morgan fingerprint density at radius 2 is 2.05 bits per heavy atom. The fourth-order valence-corrected chi connectivity index (χ4v) is 2.41. The van der Waals surface area contributed by atoms with Crippen molar-refractivity contribution in [2.75, 3.05) is 53.6 Å². The van der Waals surface area contributed by atoms with Gasteiger partial charge in [0, 0.05) is 40.3 Å². The second kappa shape index (κ2) is 10.2. The summed E-state index contributed by atoms with van der Waals surface area (Å²) in [6, 6.07) is 0. The third kappa shape index (κ3) is 6.89. The predicted octanol–water partition coefficient (Wildman–Crippen LogP) is 0.888. The minimum atomic E-state index is 0.250. The summed E-state index contributed by atoms with van der Waals surface area (Å²) in [7, 11) is 3.36. The highest BCUT2D eigenvalue weighted by Gasteiger charge is 2.18. The molecule has 0 radical (unpaired) electrons. The first kappa shape index (κ1) is 16.4. The van der Waals surface area contributed by atoms with Crippen molar-refractivity contribution in [1.29, 1.82) is 0 Å². The second-order valence-corrected chi connectivity index (χ2v) is 5.12. The number of nitrogens with zero attached hydrogens (tertiary/aromatic N) is 1. The van der Waals surface area contributed by atoms with Gasteiger partial charge in [-0.3, -0.25) is 4.79 Å². The zero-order valence-corrected chi connectivity index (χ0v) is 12.3. The molecule has 0 aromatic rings. The van der Waals surface area contributed by atoms with Crippen LogP contribution in [0.1, 0.15) is 25.7 Å². The molecule has 0 bridgehead atoms. The Balaban J connectivity index is 2.27. The molecule has 0 aromatic carbocycles. The highest BCUT2D eigenvalue weighted by Crippen LogP contribution is 2.15. The summed E-state index contributed by atoms with van der Waals surface area (Å²) in [6.45, 7) is 4.91. The molecule has 1 fully saturated rings. The Bertz CT molecular complexity index is 243. The van der Waals surface area contributed by atoms with Crippen LogP contribution in [0.3, 0.4) is 0 Å². The first-order chi connectivity index (χ1) is 9.27. The van der Waals surface area contributed by atoms with Gasteiger partial charge in [-0.25, -0.2) is 0 Å². The molecule has 0 aliphatic carbocycles. The van der Waals surface area contributed by atoms with Gasteiger partial charge in [-0.05, 0) is 38.3 Å². The van der Waals surface area contributed by atoms with Crippen LogP contribution in [0, 0.1) is 5.92 Å². The molecule has 1 rings (SSSR count). The van der Waals surface area contributed by atoms with Crippen molar-refractivity contribution in [3.8, 4) is 0 Å². The standard InChI is InChI=1S/C14H28N2O3/c1-18-10-3-8-16(9-11-19-2)14(17)5-4-13-6-7-15-12-13/h13,15H,3-12H2,1-2H3. The molecule has 0 spiro atoms. The Labute approximate surface area is 116 Å². The number of hydrogen-bond donors (Lipinski definition) is 1. The van der Waals surface area contributed by atoms with Gasteiger partial charge in [0.25, 0.3) is 0 Å². The number of amides is 1. The first-order valence-electron chi connectivity index (χ1n) is 7.24. The van der Waals surface area contributed by atoms with E-state index in [0.717, 1.165) is 32.5 Å². The van der Waals surface area contributed by atoms with Crippen LogP contribution < -0.4 is 5.32 Å². The molecule has 5 heteroatoms. The first-order valence-corrected chi connectivity index (χ1v) is 7.24. The molecule has 1 atom stereocenters. The average molecular weight is 272 g/mol. The van der Waals surface area contributed by atoms with Crippen LogP contribution in [0.25, 0.3) is 0 Å². The quantitative estimate of drug-likeness (QED) is 0.600. The van der Waals surface area contributed by atoms with Gasteiger partial charge in [-0.2, -0.15) is 0 Å². The molecule has 0 aromatic heterocycles. The maximum atomic E-state index is 12.2. The van der Waals surface area contributed by atoms with E-state index in [1.165, 1.54) is 6.42 Å². The van der Waals surface area contributed by atoms with E-state index < -0.39 is 0 Å². The number of carbonyl (C=O) groups excluding carboxylic acids is 1. The van der Waals surface area contributed by atoms with E-state index in [4.69, 9.17) is 9.47 Å².